The molecule has 0 aliphatic heterocycles. The molecule has 1 aromatic heterocycles. The van der Waals surface area contributed by atoms with E-state index < -0.39 is 10.0 Å². The highest BCUT2D eigenvalue weighted by atomic mass is 35.5. The van der Waals surface area contributed by atoms with E-state index in [0.717, 1.165) is 6.20 Å². The predicted octanol–water partition coefficient (Wildman–Crippen LogP) is -0.0397. The van der Waals surface area contributed by atoms with Gasteiger partial charge in [0.25, 0.3) is 0 Å². The lowest BCUT2D eigenvalue weighted by Crippen LogP contribution is -2.35. The molecule has 0 aliphatic carbocycles. The van der Waals surface area contributed by atoms with E-state index >= 15 is 0 Å². The summed E-state index contributed by atoms with van der Waals surface area (Å²) in [4.78, 5) is 3.74. The molecule has 0 bridgehead atoms. The SMILES string of the molecule is COCC(CNS(=O)(=O)c1cnc(NN)c(Cl)c1)OC. The minimum atomic E-state index is -3.73. The van der Waals surface area contributed by atoms with Crippen LogP contribution in [0.1, 0.15) is 0 Å². The van der Waals surface area contributed by atoms with E-state index in [4.69, 9.17) is 26.9 Å². The van der Waals surface area contributed by atoms with Gasteiger partial charge in [0.1, 0.15) is 4.90 Å². The summed E-state index contributed by atoms with van der Waals surface area (Å²) in [6, 6.07) is 1.25. The van der Waals surface area contributed by atoms with Crippen molar-refractivity contribution in [2.24, 2.45) is 5.84 Å². The molecule has 4 N–H and O–H groups in total. The van der Waals surface area contributed by atoms with Crippen LogP contribution in [-0.2, 0) is 19.5 Å². The van der Waals surface area contributed by atoms with Crippen LogP contribution in [0.3, 0.4) is 0 Å². The highest BCUT2D eigenvalue weighted by Gasteiger charge is 2.18. The summed E-state index contributed by atoms with van der Waals surface area (Å²) in [6.45, 7) is 0.343. The summed E-state index contributed by atoms with van der Waals surface area (Å²) >= 11 is 5.83. The lowest BCUT2D eigenvalue weighted by molar-refractivity contribution is 0.0320. The van der Waals surface area contributed by atoms with Crippen molar-refractivity contribution < 1.29 is 17.9 Å². The Morgan fingerprint density at radius 1 is 1.50 bits per heavy atom. The zero-order valence-corrected chi connectivity index (χ0v) is 12.7. The van der Waals surface area contributed by atoms with Crippen LogP contribution in [0.25, 0.3) is 0 Å². The molecule has 0 saturated heterocycles. The van der Waals surface area contributed by atoms with Gasteiger partial charge in [-0.2, -0.15) is 0 Å². The molecule has 0 aromatic carbocycles. The van der Waals surface area contributed by atoms with Crippen LogP contribution in [0.15, 0.2) is 17.2 Å². The summed E-state index contributed by atoms with van der Waals surface area (Å²) in [7, 11) is -0.759. The van der Waals surface area contributed by atoms with Crippen molar-refractivity contribution >= 4 is 27.4 Å². The van der Waals surface area contributed by atoms with Crippen molar-refractivity contribution in [3.63, 3.8) is 0 Å². The van der Waals surface area contributed by atoms with Gasteiger partial charge in [-0.3, -0.25) is 0 Å². The summed E-state index contributed by atoms with van der Waals surface area (Å²) in [5, 5.41) is 0.107. The van der Waals surface area contributed by atoms with Crippen molar-refractivity contribution in [1.29, 1.82) is 0 Å². The molecule has 114 valence electrons. The second-order valence-corrected chi connectivity index (χ2v) is 5.98. The third-order valence-electron chi connectivity index (χ3n) is 2.45. The molecule has 0 spiro atoms. The van der Waals surface area contributed by atoms with E-state index in [-0.39, 0.29) is 35.0 Å². The Hall–Kier alpha value is -0.970. The van der Waals surface area contributed by atoms with Crippen LogP contribution >= 0.6 is 11.6 Å². The quantitative estimate of drug-likeness (QED) is 0.454. The largest absolute Gasteiger partial charge is 0.382 e. The Kier molecular flexibility index (Phi) is 6.59. The van der Waals surface area contributed by atoms with Gasteiger partial charge in [-0.05, 0) is 6.07 Å². The third-order valence-corrected chi connectivity index (χ3v) is 4.13. The number of sulfonamides is 1. The minimum absolute atomic E-state index is 0.0613. The lowest BCUT2D eigenvalue weighted by atomic mass is 10.4. The number of nitrogens with two attached hydrogens (primary N) is 1. The second kappa shape index (κ2) is 7.72. The number of rotatable bonds is 8. The standard InChI is InChI=1S/C10H17ClN4O4S/c1-18-6-7(19-2)4-14-20(16,17)8-3-9(11)10(15-12)13-5-8/h3,5,7,14H,4,6,12H2,1-2H3,(H,13,15). The number of ether oxygens (including phenoxy) is 2. The zero-order valence-electron chi connectivity index (χ0n) is 11.1. The van der Waals surface area contributed by atoms with E-state index in [9.17, 15) is 8.42 Å². The van der Waals surface area contributed by atoms with Crippen molar-refractivity contribution in [3.8, 4) is 0 Å². The number of methoxy groups -OCH3 is 2. The van der Waals surface area contributed by atoms with E-state index in [0.29, 0.717) is 0 Å². The first-order valence-corrected chi connectivity index (χ1v) is 7.44. The van der Waals surface area contributed by atoms with Crippen LogP contribution in [0.2, 0.25) is 5.02 Å². The molecular weight excluding hydrogens is 308 g/mol. The smallest absolute Gasteiger partial charge is 0.242 e. The number of nitrogen functional groups attached to an aromatic ring is 1. The molecule has 1 heterocycles. The van der Waals surface area contributed by atoms with E-state index in [1.54, 1.807) is 0 Å². The second-order valence-electron chi connectivity index (χ2n) is 3.81. The Morgan fingerprint density at radius 2 is 2.20 bits per heavy atom. The van der Waals surface area contributed by atoms with Gasteiger partial charge in [0.15, 0.2) is 5.82 Å². The molecule has 1 rings (SSSR count). The van der Waals surface area contributed by atoms with E-state index in [1.807, 2.05) is 0 Å². The molecule has 0 aliphatic rings. The number of hydrazine groups is 1. The fraction of sp³-hybridized carbons (Fsp3) is 0.500. The summed E-state index contributed by atoms with van der Waals surface area (Å²) in [5.41, 5.74) is 2.26. The summed E-state index contributed by atoms with van der Waals surface area (Å²) in [5.74, 6) is 5.36. The Bertz CT molecular complexity index is 540. The van der Waals surface area contributed by atoms with Crippen LogP contribution < -0.4 is 16.0 Å². The fourth-order valence-corrected chi connectivity index (χ4v) is 2.68. The van der Waals surface area contributed by atoms with Gasteiger partial charge in [0, 0.05) is 27.0 Å². The van der Waals surface area contributed by atoms with Gasteiger partial charge in [-0.15, -0.1) is 0 Å². The molecule has 0 saturated carbocycles. The van der Waals surface area contributed by atoms with Crippen molar-refractivity contribution in [3.05, 3.63) is 17.3 Å². The molecule has 0 radical (unpaired) electrons. The molecule has 0 fully saturated rings. The summed E-state index contributed by atoms with van der Waals surface area (Å²) < 4.78 is 36.5. The van der Waals surface area contributed by atoms with Crippen molar-refractivity contribution in [2.75, 3.05) is 32.8 Å². The maximum Gasteiger partial charge on any atom is 0.242 e. The number of nitrogens with zero attached hydrogens (tertiary/aromatic N) is 1. The lowest BCUT2D eigenvalue weighted by Gasteiger charge is -2.15. The number of hydrogen-bond acceptors (Lipinski definition) is 7. The molecular formula is C10H17ClN4O4S. The van der Waals surface area contributed by atoms with Gasteiger partial charge in [0.2, 0.25) is 10.0 Å². The van der Waals surface area contributed by atoms with Crippen LogP contribution in [-0.4, -0.2) is 46.9 Å². The number of nitrogens with one attached hydrogen (secondary N) is 2. The Morgan fingerprint density at radius 3 is 2.70 bits per heavy atom. The Labute approximate surface area is 122 Å². The fourth-order valence-electron chi connectivity index (χ4n) is 1.36. The van der Waals surface area contributed by atoms with E-state index in [1.165, 1.54) is 20.3 Å². The first kappa shape index (κ1) is 17.1. The predicted molar refractivity (Wildman–Crippen MR) is 74.9 cm³/mol. The number of hydrogen-bond donors (Lipinski definition) is 3. The van der Waals surface area contributed by atoms with Crippen LogP contribution in [0.4, 0.5) is 5.82 Å². The molecule has 8 nitrogen and oxygen atoms in total. The van der Waals surface area contributed by atoms with E-state index in [2.05, 4.69) is 15.1 Å². The van der Waals surface area contributed by atoms with Crippen LogP contribution in [0.5, 0.6) is 0 Å². The average molecular weight is 325 g/mol. The van der Waals surface area contributed by atoms with Gasteiger partial charge < -0.3 is 14.9 Å². The number of aromatic nitrogens is 1. The zero-order chi connectivity index (χ0) is 15.2. The molecule has 1 aromatic rings. The molecule has 20 heavy (non-hydrogen) atoms. The van der Waals surface area contributed by atoms with Crippen molar-refractivity contribution in [1.82, 2.24) is 9.71 Å². The maximum atomic E-state index is 12.1. The molecule has 1 unspecified atom stereocenters. The van der Waals surface area contributed by atoms with Gasteiger partial charge >= 0.3 is 0 Å². The monoisotopic (exact) mass is 324 g/mol. The number of pyridine rings is 1. The molecule has 10 heteroatoms. The van der Waals surface area contributed by atoms with Crippen LogP contribution in [0, 0.1) is 0 Å². The maximum absolute atomic E-state index is 12.1. The topological polar surface area (TPSA) is 116 Å². The third kappa shape index (κ3) is 4.54. The van der Waals surface area contributed by atoms with Gasteiger partial charge in [-0.25, -0.2) is 24.0 Å². The first-order chi connectivity index (χ1) is 9.44. The normalized spacial score (nSPS) is 13.2. The minimum Gasteiger partial charge on any atom is -0.382 e. The van der Waals surface area contributed by atoms with Gasteiger partial charge in [0.05, 0.1) is 17.7 Å². The van der Waals surface area contributed by atoms with Crippen molar-refractivity contribution in [2.45, 2.75) is 11.0 Å². The average Bonchev–Trinajstić information content (AvgIpc) is 2.43. The number of halogens is 1. The van der Waals surface area contributed by atoms with Gasteiger partial charge in [-0.1, -0.05) is 11.6 Å². The highest BCUT2D eigenvalue weighted by molar-refractivity contribution is 7.89. The highest BCUT2D eigenvalue weighted by Crippen LogP contribution is 2.21. The molecule has 0 amide bonds. The molecule has 1 atom stereocenters. The first-order valence-electron chi connectivity index (χ1n) is 5.58. The Balaban J connectivity index is 2.81. The summed E-state index contributed by atoms with van der Waals surface area (Å²) in [6.07, 6.45) is 0.768. The number of anilines is 1.